The number of aromatic nitrogens is 1. The number of amides is 1. The Labute approximate surface area is 164 Å². The predicted molar refractivity (Wildman–Crippen MR) is 113 cm³/mol. The number of hydrogen-bond acceptors (Lipinski definition) is 5. The van der Waals surface area contributed by atoms with Crippen molar-refractivity contribution < 1.29 is 4.79 Å². The molecule has 1 N–H and O–H groups in total. The average Bonchev–Trinajstić information content (AvgIpc) is 3.21. The summed E-state index contributed by atoms with van der Waals surface area (Å²) in [7, 11) is 4.14. The number of benzene rings is 1. The van der Waals surface area contributed by atoms with Crippen LogP contribution in [0.25, 0.3) is 0 Å². The van der Waals surface area contributed by atoms with Gasteiger partial charge in [-0.2, -0.15) is 11.3 Å². The van der Waals surface area contributed by atoms with E-state index in [1.807, 2.05) is 47.2 Å². The molecule has 0 spiro atoms. The first-order valence-corrected chi connectivity index (χ1v) is 9.85. The van der Waals surface area contributed by atoms with Gasteiger partial charge in [-0.05, 0) is 62.8 Å². The number of pyridine rings is 1. The van der Waals surface area contributed by atoms with Crippen LogP contribution in [-0.4, -0.2) is 43.0 Å². The third kappa shape index (κ3) is 5.15. The number of hydrogen-bond donors (Lipinski definition) is 1. The summed E-state index contributed by atoms with van der Waals surface area (Å²) in [6.45, 7) is 1.79. The minimum atomic E-state index is -0.119. The highest BCUT2D eigenvalue weighted by atomic mass is 32.1. The van der Waals surface area contributed by atoms with Gasteiger partial charge < -0.3 is 15.1 Å². The molecule has 2 aromatic heterocycles. The van der Waals surface area contributed by atoms with Crippen LogP contribution in [0.1, 0.15) is 16.8 Å². The van der Waals surface area contributed by atoms with Gasteiger partial charge in [0.2, 0.25) is 0 Å². The van der Waals surface area contributed by atoms with Gasteiger partial charge in [0.05, 0.1) is 11.3 Å². The second-order valence-electron chi connectivity index (χ2n) is 6.48. The van der Waals surface area contributed by atoms with E-state index >= 15 is 0 Å². The highest BCUT2D eigenvalue weighted by Gasteiger charge is 2.17. The summed E-state index contributed by atoms with van der Waals surface area (Å²) in [5.41, 5.74) is 2.43. The van der Waals surface area contributed by atoms with Crippen molar-refractivity contribution in [2.24, 2.45) is 0 Å². The van der Waals surface area contributed by atoms with Gasteiger partial charge in [0.1, 0.15) is 0 Å². The van der Waals surface area contributed by atoms with Gasteiger partial charge in [-0.15, -0.1) is 0 Å². The predicted octanol–water partition coefficient (Wildman–Crippen LogP) is 4.49. The summed E-state index contributed by atoms with van der Waals surface area (Å²) in [5.74, 6) is 0.637. The molecular formula is C21H24N4OS. The SMILES string of the molecule is CN(C)CCCN(c1ccccc1)c1ncccc1NC(=O)c1ccsc1. The summed E-state index contributed by atoms with van der Waals surface area (Å²) in [6.07, 6.45) is 2.74. The van der Waals surface area contributed by atoms with E-state index in [1.165, 1.54) is 11.3 Å². The maximum absolute atomic E-state index is 12.5. The van der Waals surface area contributed by atoms with Gasteiger partial charge in [0.15, 0.2) is 5.82 Å². The molecule has 1 amide bonds. The molecule has 2 heterocycles. The summed E-state index contributed by atoms with van der Waals surface area (Å²) in [6, 6.07) is 15.7. The quantitative estimate of drug-likeness (QED) is 0.626. The van der Waals surface area contributed by atoms with E-state index in [9.17, 15) is 4.79 Å². The molecule has 0 aliphatic rings. The molecule has 0 atom stereocenters. The molecule has 0 fully saturated rings. The van der Waals surface area contributed by atoms with Crippen LogP contribution in [0.5, 0.6) is 0 Å². The van der Waals surface area contributed by atoms with E-state index in [2.05, 4.69) is 46.3 Å². The molecule has 0 aliphatic carbocycles. The van der Waals surface area contributed by atoms with Crippen LogP contribution in [0.2, 0.25) is 0 Å². The molecule has 0 bridgehead atoms. The Morgan fingerprint density at radius 1 is 1.07 bits per heavy atom. The Morgan fingerprint density at radius 3 is 2.59 bits per heavy atom. The smallest absolute Gasteiger partial charge is 0.256 e. The highest BCUT2D eigenvalue weighted by Crippen LogP contribution is 2.30. The second kappa shape index (κ2) is 9.30. The zero-order valence-electron chi connectivity index (χ0n) is 15.6. The minimum absolute atomic E-state index is 0.119. The lowest BCUT2D eigenvalue weighted by Gasteiger charge is -2.26. The Bertz CT molecular complexity index is 850. The molecule has 1 aromatic carbocycles. The van der Waals surface area contributed by atoms with Crippen LogP contribution in [0.3, 0.4) is 0 Å². The average molecular weight is 381 g/mol. The van der Waals surface area contributed by atoms with Crippen molar-refractivity contribution in [3.05, 3.63) is 71.1 Å². The van der Waals surface area contributed by atoms with Gasteiger partial charge in [-0.3, -0.25) is 4.79 Å². The first kappa shape index (κ1) is 19.1. The number of rotatable bonds is 8. The molecule has 0 unspecified atom stereocenters. The van der Waals surface area contributed by atoms with Gasteiger partial charge in [0, 0.05) is 23.8 Å². The van der Waals surface area contributed by atoms with Crippen molar-refractivity contribution in [1.29, 1.82) is 0 Å². The molecule has 140 valence electrons. The van der Waals surface area contributed by atoms with E-state index in [4.69, 9.17) is 0 Å². The summed E-state index contributed by atoms with van der Waals surface area (Å²) in [5, 5.41) is 6.76. The van der Waals surface area contributed by atoms with Crippen LogP contribution in [0.15, 0.2) is 65.5 Å². The Hall–Kier alpha value is -2.70. The summed E-state index contributed by atoms with van der Waals surface area (Å²) in [4.78, 5) is 21.4. The molecule has 5 nitrogen and oxygen atoms in total. The summed E-state index contributed by atoms with van der Waals surface area (Å²) < 4.78 is 0. The number of carbonyl (C=O) groups is 1. The van der Waals surface area contributed by atoms with Crippen LogP contribution < -0.4 is 10.2 Å². The monoisotopic (exact) mass is 380 g/mol. The molecule has 6 heteroatoms. The van der Waals surface area contributed by atoms with Crippen molar-refractivity contribution in [3.63, 3.8) is 0 Å². The van der Waals surface area contributed by atoms with Crippen molar-refractivity contribution >= 4 is 34.4 Å². The van der Waals surface area contributed by atoms with E-state index in [1.54, 1.807) is 6.20 Å². The fourth-order valence-electron chi connectivity index (χ4n) is 2.81. The first-order valence-electron chi connectivity index (χ1n) is 8.91. The fraction of sp³-hybridized carbons (Fsp3) is 0.238. The number of nitrogens with one attached hydrogen (secondary N) is 1. The zero-order chi connectivity index (χ0) is 19.1. The molecule has 0 radical (unpaired) electrons. The van der Waals surface area contributed by atoms with E-state index in [0.29, 0.717) is 11.3 Å². The van der Waals surface area contributed by atoms with Crippen molar-refractivity contribution in [3.8, 4) is 0 Å². The fourth-order valence-corrected chi connectivity index (χ4v) is 3.44. The van der Waals surface area contributed by atoms with Crippen LogP contribution >= 0.6 is 11.3 Å². The lowest BCUT2D eigenvalue weighted by molar-refractivity contribution is 0.102. The number of para-hydroxylation sites is 1. The molecule has 0 aliphatic heterocycles. The molecule has 27 heavy (non-hydrogen) atoms. The second-order valence-corrected chi connectivity index (χ2v) is 7.26. The van der Waals surface area contributed by atoms with Gasteiger partial charge >= 0.3 is 0 Å². The van der Waals surface area contributed by atoms with Crippen molar-refractivity contribution in [2.75, 3.05) is 37.4 Å². The van der Waals surface area contributed by atoms with Crippen molar-refractivity contribution in [1.82, 2.24) is 9.88 Å². The van der Waals surface area contributed by atoms with E-state index < -0.39 is 0 Å². The zero-order valence-corrected chi connectivity index (χ0v) is 16.4. The Balaban J connectivity index is 1.88. The number of anilines is 3. The number of carbonyl (C=O) groups excluding carboxylic acids is 1. The molecule has 3 rings (SSSR count). The van der Waals surface area contributed by atoms with Crippen molar-refractivity contribution in [2.45, 2.75) is 6.42 Å². The van der Waals surface area contributed by atoms with Crippen LogP contribution in [0, 0.1) is 0 Å². The molecule has 0 saturated carbocycles. The number of nitrogens with zero attached hydrogens (tertiary/aromatic N) is 3. The van der Waals surface area contributed by atoms with E-state index in [-0.39, 0.29) is 5.91 Å². The standard InChI is InChI=1S/C21H24N4OS/c1-24(2)13-7-14-25(18-8-4-3-5-9-18)20-19(10-6-12-22-20)23-21(26)17-11-15-27-16-17/h3-6,8-12,15-16H,7,13-14H2,1-2H3,(H,23,26). The van der Waals surface area contributed by atoms with Crippen LogP contribution in [0.4, 0.5) is 17.2 Å². The largest absolute Gasteiger partial charge is 0.325 e. The lowest BCUT2D eigenvalue weighted by Crippen LogP contribution is -2.25. The lowest BCUT2D eigenvalue weighted by atomic mass is 10.2. The molecule has 0 saturated heterocycles. The van der Waals surface area contributed by atoms with Gasteiger partial charge in [0.25, 0.3) is 5.91 Å². The van der Waals surface area contributed by atoms with Crippen LogP contribution in [-0.2, 0) is 0 Å². The normalized spacial score (nSPS) is 10.8. The highest BCUT2D eigenvalue weighted by molar-refractivity contribution is 7.08. The third-order valence-corrected chi connectivity index (χ3v) is 4.81. The Kier molecular flexibility index (Phi) is 6.57. The first-order chi connectivity index (χ1) is 13.1. The topological polar surface area (TPSA) is 48.5 Å². The summed E-state index contributed by atoms with van der Waals surface area (Å²) >= 11 is 1.51. The third-order valence-electron chi connectivity index (χ3n) is 4.13. The van der Waals surface area contributed by atoms with E-state index in [0.717, 1.165) is 31.0 Å². The maximum atomic E-state index is 12.5. The Morgan fingerprint density at radius 2 is 1.89 bits per heavy atom. The van der Waals surface area contributed by atoms with Gasteiger partial charge in [-0.1, -0.05) is 18.2 Å². The number of thiophene rings is 1. The maximum Gasteiger partial charge on any atom is 0.256 e. The minimum Gasteiger partial charge on any atom is -0.325 e. The molecule has 3 aromatic rings. The molecular weight excluding hydrogens is 356 g/mol. The van der Waals surface area contributed by atoms with Gasteiger partial charge in [-0.25, -0.2) is 4.98 Å².